The third kappa shape index (κ3) is 2.46. The van der Waals surface area contributed by atoms with Gasteiger partial charge in [0, 0.05) is 18.6 Å². The Morgan fingerprint density at radius 1 is 1.28 bits per heavy atom. The molecule has 1 heterocycles. The average molecular weight is 250 g/mol. The normalized spacial score (nSPS) is 36.7. The molecule has 1 saturated heterocycles. The molecule has 3 rings (SSSR count). The number of nitrogens with one attached hydrogen (secondary N) is 1. The van der Waals surface area contributed by atoms with E-state index in [-0.39, 0.29) is 0 Å². The first kappa shape index (κ1) is 12.9. The molecule has 0 aromatic rings. The highest BCUT2D eigenvalue weighted by Gasteiger charge is 2.48. The van der Waals surface area contributed by atoms with E-state index in [1.54, 1.807) is 0 Å². The fourth-order valence-corrected chi connectivity index (χ4v) is 3.93. The zero-order valence-electron chi connectivity index (χ0n) is 12.5. The molecule has 3 aliphatic rings. The van der Waals surface area contributed by atoms with E-state index in [2.05, 4.69) is 31.0 Å². The smallest absolute Gasteiger partial charge is 0.0308 e. The highest BCUT2D eigenvalue weighted by atomic mass is 15.2. The molecule has 18 heavy (non-hydrogen) atoms. The van der Waals surface area contributed by atoms with Crippen molar-refractivity contribution < 1.29 is 0 Å². The first-order valence-corrected chi connectivity index (χ1v) is 8.01. The molecule has 0 bridgehead atoms. The second kappa shape index (κ2) is 4.49. The third-order valence-corrected chi connectivity index (χ3v) is 5.87. The minimum Gasteiger partial charge on any atom is -0.310 e. The summed E-state index contributed by atoms with van der Waals surface area (Å²) in [6.07, 6.45) is 7.17. The molecule has 2 aliphatic carbocycles. The Morgan fingerprint density at radius 3 is 2.56 bits per heavy atom. The standard InChI is InChI=1S/C16H30N2/c1-13(2)16(7-8-16)12-18-10-4-9-17-15(3,11-18)14-5-6-14/h13-14,17H,4-12H2,1-3H3. The Balaban J connectivity index is 1.64. The number of rotatable bonds is 4. The van der Waals surface area contributed by atoms with Gasteiger partial charge in [-0.05, 0) is 69.4 Å². The van der Waals surface area contributed by atoms with Crippen LogP contribution in [0.5, 0.6) is 0 Å². The van der Waals surface area contributed by atoms with E-state index in [9.17, 15) is 0 Å². The Morgan fingerprint density at radius 2 is 2.00 bits per heavy atom. The molecule has 2 saturated carbocycles. The molecule has 3 fully saturated rings. The molecule has 1 unspecified atom stereocenters. The minimum absolute atomic E-state index is 0.406. The Labute approximate surface area is 113 Å². The maximum atomic E-state index is 3.84. The van der Waals surface area contributed by atoms with Gasteiger partial charge in [0.05, 0.1) is 0 Å². The van der Waals surface area contributed by atoms with Crippen molar-refractivity contribution in [2.75, 3.05) is 26.2 Å². The molecule has 1 aliphatic heterocycles. The van der Waals surface area contributed by atoms with Gasteiger partial charge in [-0.25, -0.2) is 0 Å². The summed E-state index contributed by atoms with van der Waals surface area (Å²) in [6.45, 7) is 12.5. The highest BCUT2D eigenvalue weighted by Crippen LogP contribution is 2.52. The van der Waals surface area contributed by atoms with Crippen molar-refractivity contribution >= 4 is 0 Å². The molecule has 2 heteroatoms. The average Bonchev–Trinajstić information content (AvgIpc) is 3.16. The van der Waals surface area contributed by atoms with E-state index in [1.807, 2.05) is 0 Å². The van der Waals surface area contributed by atoms with Crippen LogP contribution in [0.2, 0.25) is 0 Å². The lowest BCUT2D eigenvalue weighted by Gasteiger charge is -2.36. The Kier molecular flexibility index (Phi) is 3.22. The third-order valence-electron chi connectivity index (χ3n) is 5.87. The Hall–Kier alpha value is -0.0800. The van der Waals surface area contributed by atoms with Gasteiger partial charge in [0.25, 0.3) is 0 Å². The van der Waals surface area contributed by atoms with Crippen LogP contribution in [0.25, 0.3) is 0 Å². The van der Waals surface area contributed by atoms with Crippen molar-refractivity contribution in [2.45, 2.75) is 58.4 Å². The van der Waals surface area contributed by atoms with Gasteiger partial charge in [0.2, 0.25) is 0 Å². The predicted molar refractivity (Wildman–Crippen MR) is 76.7 cm³/mol. The summed E-state index contributed by atoms with van der Waals surface area (Å²) >= 11 is 0. The summed E-state index contributed by atoms with van der Waals surface area (Å²) < 4.78 is 0. The Bertz CT molecular complexity index is 304. The maximum Gasteiger partial charge on any atom is 0.0308 e. The van der Waals surface area contributed by atoms with E-state index >= 15 is 0 Å². The summed E-state index contributed by atoms with van der Waals surface area (Å²) in [5, 5.41) is 3.84. The van der Waals surface area contributed by atoms with Crippen LogP contribution in [-0.4, -0.2) is 36.6 Å². The van der Waals surface area contributed by atoms with Crippen molar-refractivity contribution in [2.24, 2.45) is 17.3 Å². The lowest BCUT2D eigenvalue weighted by molar-refractivity contribution is 0.150. The predicted octanol–water partition coefficient (Wildman–Crippen LogP) is 2.89. The molecule has 0 amide bonds. The zero-order chi connectivity index (χ0) is 12.8. The summed E-state index contributed by atoms with van der Waals surface area (Å²) in [7, 11) is 0. The van der Waals surface area contributed by atoms with E-state index < -0.39 is 0 Å². The fraction of sp³-hybridized carbons (Fsp3) is 1.00. The van der Waals surface area contributed by atoms with Gasteiger partial charge in [-0.15, -0.1) is 0 Å². The molecule has 104 valence electrons. The minimum atomic E-state index is 0.406. The molecule has 0 aromatic carbocycles. The lowest BCUT2D eigenvalue weighted by atomic mass is 9.90. The van der Waals surface area contributed by atoms with Crippen LogP contribution >= 0.6 is 0 Å². The summed E-state index contributed by atoms with van der Waals surface area (Å²) in [6, 6.07) is 0. The quantitative estimate of drug-likeness (QED) is 0.825. The number of nitrogens with zero attached hydrogens (tertiary/aromatic N) is 1. The fourth-order valence-electron chi connectivity index (χ4n) is 3.93. The van der Waals surface area contributed by atoms with Crippen LogP contribution in [0.4, 0.5) is 0 Å². The van der Waals surface area contributed by atoms with Gasteiger partial charge in [-0.1, -0.05) is 13.8 Å². The van der Waals surface area contributed by atoms with Gasteiger partial charge in [-0.3, -0.25) is 0 Å². The van der Waals surface area contributed by atoms with Crippen LogP contribution in [-0.2, 0) is 0 Å². The lowest BCUT2D eigenvalue weighted by Crippen LogP contribution is -2.51. The van der Waals surface area contributed by atoms with Gasteiger partial charge in [-0.2, -0.15) is 0 Å². The highest BCUT2D eigenvalue weighted by molar-refractivity contribution is 5.03. The molecule has 0 spiro atoms. The monoisotopic (exact) mass is 250 g/mol. The summed E-state index contributed by atoms with van der Waals surface area (Å²) in [4.78, 5) is 2.78. The van der Waals surface area contributed by atoms with Crippen LogP contribution in [0, 0.1) is 17.3 Å². The second-order valence-electron chi connectivity index (χ2n) is 7.70. The molecule has 2 nitrogen and oxygen atoms in total. The molecular formula is C16H30N2. The van der Waals surface area contributed by atoms with Crippen LogP contribution < -0.4 is 5.32 Å². The van der Waals surface area contributed by atoms with E-state index in [0.29, 0.717) is 11.0 Å². The SMILES string of the molecule is CC(C)C1(CN2CCCNC(C)(C3CC3)C2)CC1. The number of hydrogen-bond acceptors (Lipinski definition) is 2. The first-order valence-electron chi connectivity index (χ1n) is 8.01. The van der Waals surface area contributed by atoms with Gasteiger partial charge in [0.15, 0.2) is 0 Å². The summed E-state index contributed by atoms with van der Waals surface area (Å²) in [5.41, 5.74) is 1.08. The molecule has 0 aromatic heterocycles. The summed E-state index contributed by atoms with van der Waals surface area (Å²) in [5.74, 6) is 1.81. The van der Waals surface area contributed by atoms with Gasteiger partial charge in [0.1, 0.15) is 0 Å². The van der Waals surface area contributed by atoms with E-state index in [4.69, 9.17) is 0 Å². The van der Waals surface area contributed by atoms with Crippen molar-refractivity contribution in [3.05, 3.63) is 0 Å². The largest absolute Gasteiger partial charge is 0.310 e. The van der Waals surface area contributed by atoms with Crippen LogP contribution in [0.15, 0.2) is 0 Å². The van der Waals surface area contributed by atoms with Gasteiger partial charge < -0.3 is 10.2 Å². The van der Waals surface area contributed by atoms with Crippen LogP contribution in [0.1, 0.15) is 52.9 Å². The molecule has 0 radical (unpaired) electrons. The van der Waals surface area contributed by atoms with Crippen molar-refractivity contribution in [1.29, 1.82) is 0 Å². The topological polar surface area (TPSA) is 15.3 Å². The first-order chi connectivity index (χ1) is 8.54. The van der Waals surface area contributed by atoms with Crippen LogP contribution in [0.3, 0.4) is 0 Å². The van der Waals surface area contributed by atoms with Crippen molar-refractivity contribution in [3.8, 4) is 0 Å². The van der Waals surface area contributed by atoms with Gasteiger partial charge >= 0.3 is 0 Å². The maximum absolute atomic E-state index is 3.84. The molecule has 1 N–H and O–H groups in total. The van der Waals surface area contributed by atoms with E-state index in [0.717, 1.165) is 11.8 Å². The molecule has 1 atom stereocenters. The second-order valence-corrected chi connectivity index (χ2v) is 7.70. The number of hydrogen-bond donors (Lipinski definition) is 1. The van der Waals surface area contributed by atoms with E-state index in [1.165, 1.54) is 58.3 Å². The van der Waals surface area contributed by atoms with Crippen molar-refractivity contribution in [1.82, 2.24) is 10.2 Å². The zero-order valence-corrected chi connectivity index (χ0v) is 12.5. The molecular weight excluding hydrogens is 220 g/mol. The van der Waals surface area contributed by atoms with Crippen molar-refractivity contribution in [3.63, 3.8) is 0 Å².